The number of rotatable bonds is 3. The SMILES string of the molecule is O=C(c1cc(Cc2n[nH]c(=O)c3c2CCCC3)ccc1F)N1CCN(C(=O)N2CCNCC2)CC1. The topological polar surface area (TPSA) is 102 Å². The highest BCUT2D eigenvalue weighted by molar-refractivity contribution is 5.95. The molecule has 0 radical (unpaired) electrons. The lowest BCUT2D eigenvalue weighted by molar-refractivity contribution is 0.0631. The second kappa shape index (κ2) is 10.2. The number of hydrogen-bond acceptors (Lipinski definition) is 5. The summed E-state index contributed by atoms with van der Waals surface area (Å²) in [5.74, 6) is -0.926. The summed E-state index contributed by atoms with van der Waals surface area (Å²) >= 11 is 0. The minimum absolute atomic E-state index is 0.00325. The monoisotopic (exact) mass is 482 g/mol. The van der Waals surface area contributed by atoms with Crippen LogP contribution in [-0.2, 0) is 19.3 Å². The Kier molecular flexibility index (Phi) is 6.81. The summed E-state index contributed by atoms with van der Waals surface area (Å²) < 4.78 is 14.7. The summed E-state index contributed by atoms with van der Waals surface area (Å²) in [4.78, 5) is 43.3. The van der Waals surface area contributed by atoms with E-state index in [1.54, 1.807) is 21.9 Å². The minimum atomic E-state index is -0.561. The summed E-state index contributed by atoms with van der Waals surface area (Å²) in [7, 11) is 0. The number of piperazine rings is 2. The second-order valence-electron chi connectivity index (χ2n) is 9.45. The van der Waals surface area contributed by atoms with Crippen molar-refractivity contribution in [2.45, 2.75) is 32.1 Å². The van der Waals surface area contributed by atoms with Crippen LogP contribution in [-0.4, -0.2) is 89.2 Å². The van der Waals surface area contributed by atoms with E-state index in [1.807, 2.05) is 4.90 Å². The molecule has 2 N–H and O–H groups in total. The molecule has 1 aromatic carbocycles. The van der Waals surface area contributed by atoms with E-state index in [0.29, 0.717) is 45.7 Å². The number of benzene rings is 1. The van der Waals surface area contributed by atoms with Gasteiger partial charge in [-0.15, -0.1) is 0 Å². The highest BCUT2D eigenvalue weighted by atomic mass is 19.1. The zero-order valence-electron chi connectivity index (χ0n) is 19.8. The zero-order chi connectivity index (χ0) is 24.4. The van der Waals surface area contributed by atoms with Crippen molar-refractivity contribution in [1.82, 2.24) is 30.2 Å². The first-order valence-electron chi connectivity index (χ1n) is 12.4. The fraction of sp³-hybridized carbons (Fsp3) is 0.520. The lowest BCUT2D eigenvalue weighted by Gasteiger charge is -2.38. The smallest absolute Gasteiger partial charge is 0.320 e. The number of fused-ring (bicyclic) bond motifs is 1. The second-order valence-corrected chi connectivity index (χ2v) is 9.45. The Morgan fingerprint density at radius 2 is 1.57 bits per heavy atom. The van der Waals surface area contributed by atoms with Crippen molar-refractivity contribution in [3.63, 3.8) is 0 Å². The molecule has 2 saturated heterocycles. The molecule has 3 amide bonds. The molecule has 1 aromatic heterocycles. The van der Waals surface area contributed by atoms with E-state index in [2.05, 4.69) is 15.5 Å². The van der Waals surface area contributed by atoms with Gasteiger partial charge in [-0.1, -0.05) is 6.07 Å². The van der Waals surface area contributed by atoms with Gasteiger partial charge in [0.15, 0.2) is 0 Å². The highest BCUT2D eigenvalue weighted by Gasteiger charge is 2.29. The average molecular weight is 483 g/mol. The zero-order valence-corrected chi connectivity index (χ0v) is 19.8. The van der Waals surface area contributed by atoms with Crippen molar-refractivity contribution >= 4 is 11.9 Å². The van der Waals surface area contributed by atoms with Gasteiger partial charge in [0, 0.05) is 64.3 Å². The Balaban J connectivity index is 1.27. The molecule has 0 bridgehead atoms. The molecule has 2 aliphatic heterocycles. The van der Waals surface area contributed by atoms with Crippen LogP contribution >= 0.6 is 0 Å². The van der Waals surface area contributed by atoms with Crippen LogP contribution in [0, 0.1) is 5.82 Å². The molecule has 35 heavy (non-hydrogen) atoms. The third kappa shape index (κ3) is 4.93. The van der Waals surface area contributed by atoms with Crippen LogP contribution < -0.4 is 10.9 Å². The van der Waals surface area contributed by atoms with Gasteiger partial charge >= 0.3 is 6.03 Å². The first-order valence-corrected chi connectivity index (χ1v) is 12.4. The van der Waals surface area contributed by atoms with Crippen LogP contribution in [0.1, 0.15) is 45.6 Å². The van der Waals surface area contributed by atoms with Crippen LogP contribution in [0.25, 0.3) is 0 Å². The molecule has 2 fully saturated rings. The molecule has 5 rings (SSSR count). The van der Waals surface area contributed by atoms with E-state index >= 15 is 0 Å². The summed E-state index contributed by atoms with van der Waals surface area (Å²) in [6, 6.07) is 4.59. The maximum atomic E-state index is 14.7. The summed E-state index contributed by atoms with van der Waals surface area (Å²) in [5, 5.41) is 10.1. The van der Waals surface area contributed by atoms with Gasteiger partial charge in [-0.25, -0.2) is 14.3 Å². The number of nitrogens with one attached hydrogen (secondary N) is 2. The molecule has 1 aliphatic carbocycles. The normalized spacial score (nSPS) is 18.4. The van der Waals surface area contributed by atoms with Gasteiger partial charge in [0.25, 0.3) is 11.5 Å². The van der Waals surface area contributed by atoms with Crippen LogP contribution in [0.5, 0.6) is 0 Å². The fourth-order valence-electron chi connectivity index (χ4n) is 5.24. The Morgan fingerprint density at radius 1 is 0.914 bits per heavy atom. The van der Waals surface area contributed by atoms with Gasteiger partial charge in [0.2, 0.25) is 0 Å². The maximum Gasteiger partial charge on any atom is 0.320 e. The predicted molar refractivity (Wildman–Crippen MR) is 128 cm³/mol. The van der Waals surface area contributed by atoms with E-state index < -0.39 is 5.82 Å². The lowest BCUT2D eigenvalue weighted by Crippen LogP contribution is -2.57. The first-order chi connectivity index (χ1) is 17.0. The van der Waals surface area contributed by atoms with Crippen molar-refractivity contribution in [3.8, 4) is 0 Å². The van der Waals surface area contributed by atoms with Gasteiger partial charge in [0.05, 0.1) is 11.3 Å². The number of halogens is 1. The molecule has 0 spiro atoms. The molecule has 0 saturated carbocycles. The molecule has 0 unspecified atom stereocenters. The third-order valence-corrected chi connectivity index (χ3v) is 7.24. The number of amides is 3. The van der Waals surface area contributed by atoms with Gasteiger partial charge < -0.3 is 20.0 Å². The molecule has 186 valence electrons. The fourth-order valence-corrected chi connectivity index (χ4v) is 5.24. The first kappa shape index (κ1) is 23.5. The largest absolute Gasteiger partial charge is 0.335 e. The standard InChI is InChI=1S/C25H31FN6O3/c26-21-6-5-17(16-22-18-3-1-2-4-19(18)23(33)29-28-22)15-20(21)24(34)30-11-13-32(14-12-30)25(35)31-9-7-27-8-10-31/h5-6,15,27H,1-4,7-14,16H2,(H,29,33). The van der Waals surface area contributed by atoms with Crippen LogP contribution in [0.15, 0.2) is 23.0 Å². The molecular formula is C25H31FN6O3. The number of carbonyl (C=O) groups is 2. The minimum Gasteiger partial charge on any atom is -0.335 e. The Labute approximate surface area is 203 Å². The van der Waals surface area contributed by atoms with Gasteiger partial charge in [-0.05, 0) is 48.9 Å². The summed E-state index contributed by atoms with van der Waals surface area (Å²) in [6.45, 7) is 4.55. The molecule has 3 aliphatic rings. The predicted octanol–water partition coefficient (Wildman–Crippen LogP) is 1.16. The Morgan fingerprint density at radius 3 is 2.31 bits per heavy atom. The van der Waals surface area contributed by atoms with Crippen molar-refractivity contribution in [1.29, 1.82) is 0 Å². The molecule has 3 heterocycles. The number of urea groups is 1. The Hall–Kier alpha value is -3.27. The van der Waals surface area contributed by atoms with E-state index in [1.165, 1.54) is 6.07 Å². The van der Waals surface area contributed by atoms with E-state index in [4.69, 9.17) is 0 Å². The van der Waals surface area contributed by atoms with Crippen LogP contribution in [0.2, 0.25) is 0 Å². The summed E-state index contributed by atoms with van der Waals surface area (Å²) in [6.07, 6.45) is 3.98. The van der Waals surface area contributed by atoms with Crippen molar-refractivity contribution in [2.75, 3.05) is 52.4 Å². The quantitative estimate of drug-likeness (QED) is 0.684. The number of hydrogen-bond donors (Lipinski definition) is 2. The Bertz CT molecular complexity index is 1170. The highest BCUT2D eigenvalue weighted by Crippen LogP contribution is 2.23. The van der Waals surface area contributed by atoms with E-state index in [9.17, 15) is 18.8 Å². The molecule has 10 heteroatoms. The van der Waals surface area contributed by atoms with Crippen molar-refractivity contribution in [3.05, 3.63) is 62.3 Å². The van der Waals surface area contributed by atoms with Gasteiger partial charge in [0.1, 0.15) is 5.82 Å². The number of nitrogens with zero attached hydrogens (tertiary/aromatic N) is 4. The van der Waals surface area contributed by atoms with Gasteiger partial charge in [-0.2, -0.15) is 5.10 Å². The molecule has 0 atom stereocenters. The van der Waals surface area contributed by atoms with Gasteiger partial charge in [-0.3, -0.25) is 9.59 Å². The van der Waals surface area contributed by atoms with Crippen molar-refractivity contribution < 1.29 is 14.0 Å². The average Bonchev–Trinajstić information content (AvgIpc) is 2.91. The number of carbonyl (C=O) groups excluding carboxylic acids is 2. The lowest BCUT2D eigenvalue weighted by atomic mass is 9.90. The molecule has 2 aromatic rings. The summed E-state index contributed by atoms with van der Waals surface area (Å²) in [5.41, 5.74) is 3.24. The van der Waals surface area contributed by atoms with Crippen LogP contribution in [0.3, 0.4) is 0 Å². The number of H-pyrrole nitrogens is 1. The molecular weight excluding hydrogens is 451 g/mol. The van der Waals surface area contributed by atoms with E-state index in [-0.39, 0.29) is 23.1 Å². The van der Waals surface area contributed by atoms with Crippen molar-refractivity contribution in [2.24, 2.45) is 0 Å². The third-order valence-electron chi connectivity index (χ3n) is 7.24. The number of aromatic amines is 1. The molecule has 9 nitrogen and oxygen atoms in total. The van der Waals surface area contributed by atoms with E-state index in [0.717, 1.165) is 61.2 Å². The number of aromatic nitrogens is 2. The van der Waals surface area contributed by atoms with Crippen LogP contribution in [0.4, 0.5) is 9.18 Å². The maximum absolute atomic E-state index is 14.7.